The molecular weight excluding hydrogens is 498 g/mol. The molecule has 6 rings (SSSR count). The normalized spacial score (nSPS) is 21.7. The highest BCUT2D eigenvalue weighted by Gasteiger charge is 2.33. The first-order valence-corrected chi connectivity index (χ1v) is 12.5. The summed E-state index contributed by atoms with van der Waals surface area (Å²) in [5.74, 6) is -1.95. The number of amides is 6. The Morgan fingerprint density at radius 2 is 0.615 bits per heavy atom. The first-order chi connectivity index (χ1) is 18.8. The number of carbonyl (C=O) groups is 6. The molecule has 0 spiro atoms. The molecule has 3 aliphatic rings. The van der Waals surface area contributed by atoms with Crippen LogP contribution in [0.5, 0.6) is 0 Å². The zero-order valence-electron chi connectivity index (χ0n) is 21.0. The van der Waals surface area contributed by atoms with Crippen molar-refractivity contribution < 1.29 is 28.8 Å². The van der Waals surface area contributed by atoms with Crippen molar-refractivity contribution >= 4 is 35.4 Å². The minimum atomic E-state index is -0.284. The van der Waals surface area contributed by atoms with E-state index in [-0.39, 0.29) is 72.5 Å². The van der Waals surface area contributed by atoms with Crippen molar-refractivity contribution in [1.29, 1.82) is 0 Å². The van der Waals surface area contributed by atoms with Gasteiger partial charge in [0, 0.05) is 19.3 Å². The van der Waals surface area contributed by atoms with Gasteiger partial charge in [0.1, 0.15) is 0 Å². The average molecular weight is 526 g/mol. The van der Waals surface area contributed by atoms with Crippen molar-refractivity contribution in [1.82, 2.24) is 16.0 Å². The third-order valence-electron chi connectivity index (χ3n) is 6.51. The molecule has 3 aromatic rings. The third-order valence-corrected chi connectivity index (χ3v) is 6.51. The first kappa shape index (κ1) is 27.1. The predicted molar refractivity (Wildman–Crippen MR) is 141 cm³/mol. The maximum absolute atomic E-state index is 11.3. The molecule has 0 bridgehead atoms. The molecule has 0 aliphatic carbocycles. The fourth-order valence-electron chi connectivity index (χ4n) is 4.52. The summed E-state index contributed by atoms with van der Waals surface area (Å²) in [7, 11) is 0. The van der Waals surface area contributed by atoms with E-state index in [0.717, 1.165) is 16.7 Å². The van der Waals surface area contributed by atoms with Crippen molar-refractivity contribution in [3.8, 4) is 0 Å². The van der Waals surface area contributed by atoms with Crippen molar-refractivity contribution in [3.63, 3.8) is 0 Å². The molecule has 3 saturated heterocycles. The number of rotatable bonds is 3. The number of nitrogens with one attached hydrogen (secondary N) is 3. The van der Waals surface area contributed by atoms with Crippen molar-refractivity contribution in [2.45, 2.75) is 37.0 Å². The molecule has 0 radical (unpaired) electrons. The highest BCUT2D eigenvalue weighted by Crippen LogP contribution is 2.25. The molecule has 0 saturated carbocycles. The van der Waals surface area contributed by atoms with Crippen LogP contribution in [0.1, 0.15) is 53.7 Å². The largest absolute Gasteiger partial charge is 0.296 e. The summed E-state index contributed by atoms with van der Waals surface area (Å²) in [5.41, 5.74) is 2.72. The van der Waals surface area contributed by atoms with Gasteiger partial charge < -0.3 is 0 Å². The van der Waals surface area contributed by atoms with Crippen LogP contribution in [0.15, 0.2) is 91.0 Å². The molecule has 3 aliphatic heterocycles. The first-order valence-electron chi connectivity index (χ1n) is 12.5. The zero-order valence-corrected chi connectivity index (χ0v) is 21.0. The van der Waals surface area contributed by atoms with E-state index in [0.29, 0.717) is 0 Å². The van der Waals surface area contributed by atoms with Crippen molar-refractivity contribution in [3.05, 3.63) is 108 Å². The molecule has 0 unspecified atom stereocenters. The van der Waals surface area contributed by atoms with Gasteiger partial charge in [0.05, 0.1) is 17.8 Å². The number of hydrogen-bond donors (Lipinski definition) is 3. The smallest absolute Gasteiger partial charge is 0.234 e. The van der Waals surface area contributed by atoms with E-state index in [1.807, 2.05) is 91.0 Å². The molecule has 3 N–H and O–H groups in total. The lowest BCUT2D eigenvalue weighted by atomic mass is 9.98. The maximum atomic E-state index is 11.3. The summed E-state index contributed by atoms with van der Waals surface area (Å²) >= 11 is 0. The SMILES string of the molecule is O=C1C[C@@H](c2ccccc2)C(=O)N1.O=C1C[C@@H](c2ccccc2)C(=O)N1.O=C1C[C@H](c2ccccc2)C(=O)N1. The highest BCUT2D eigenvalue weighted by atomic mass is 16.2. The van der Waals surface area contributed by atoms with E-state index in [4.69, 9.17) is 0 Å². The van der Waals surface area contributed by atoms with E-state index >= 15 is 0 Å². The molecule has 6 amide bonds. The minimum absolute atomic E-state index is 0.182. The summed E-state index contributed by atoms with van der Waals surface area (Å²) < 4.78 is 0. The van der Waals surface area contributed by atoms with Gasteiger partial charge in [0.25, 0.3) is 0 Å². The third kappa shape index (κ3) is 7.10. The molecule has 3 atom stereocenters. The maximum Gasteiger partial charge on any atom is 0.234 e. The zero-order chi connectivity index (χ0) is 27.8. The second-order valence-electron chi connectivity index (χ2n) is 9.24. The molecule has 198 valence electrons. The molecule has 3 heterocycles. The quantitative estimate of drug-likeness (QED) is 0.449. The number of hydrogen-bond acceptors (Lipinski definition) is 6. The van der Waals surface area contributed by atoms with Crippen LogP contribution in [0.3, 0.4) is 0 Å². The van der Waals surface area contributed by atoms with Gasteiger partial charge in [-0.2, -0.15) is 0 Å². The van der Waals surface area contributed by atoms with Crippen molar-refractivity contribution in [2.75, 3.05) is 0 Å². The predicted octanol–water partition coefficient (Wildman–Crippen LogP) is 2.45. The fraction of sp³-hybridized carbons (Fsp3) is 0.200. The Balaban J connectivity index is 0.000000136. The fourth-order valence-corrected chi connectivity index (χ4v) is 4.52. The summed E-state index contributed by atoms with van der Waals surface area (Å²) in [6.07, 6.45) is 0.842. The van der Waals surface area contributed by atoms with Gasteiger partial charge in [0.2, 0.25) is 35.4 Å². The van der Waals surface area contributed by atoms with Gasteiger partial charge in [-0.25, -0.2) is 0 Å². The molecule has 3 fully saturated rings. The monoisotopic (exact) mass is 525 g/mol. The number of imide groups is 3. The average Bonchev–Trinajstić information content (AvgIpc) is 3.60. The van der Waals surface area contributed by atoms with Crippen LogP contribution in [-0.4, -0.2) is 35.4 Å². The van der Waals surface area contributed by atoms with Gasteiger partial charge in [-0.3, -0.25) is 44.7 Å². The van der Waals surface area contributed by atoms with Gasteiger partial charge in [-0.05, 0) is 16.7 Å². The lowest BCUT2D eigenvalue weighted by Gasteiger charge is -2.04. The number of benzene rings is 3. The van der Waals surface area contributed by atoms with Gasteiger partial charge in [-0.15, -0.1) is 0 Å². The summed E-state index contributed by atoms with van der Waals surface area (Å²) in [5, 5.41) is 6.86. The van der Waals surface area contributed by atoms with Gasteiger partial charge >= 0.3 is 0 Å². The molecule has 39 heavy (non-hydrogen) atoms. The summed E-state index contributed by atoms with van der Waals surface area (Å²) in [4.78, 5) is 66.5. The van der Waals surface area contributed by atoms with E-state index in [9.17, 15) is 28.8 Å². The Morgan fingerprint density at radius 1 is 0.385 bits per heavy atom. The van der Waals surface area contributed by atoms with Crippen LogP contribution in [0.4, 0.5) is 0 Å². The van der Waals surface area contributed by atoms with Crippen LogP contribution in [-0.2, 0) is 28.8 Å². The van der Waals surface area contributed by atoms with Crippen LogP contribution in [0, 0.1) is 0 Å². The van der Waals surface area contributed by atoms with Crippen molar-refractivity contribution in [2.24, 2.45) is 0 Å². The van der Waals surface area contributed by atoms with Crippen LogP contribution in [0.25, 0.3) is 0 Å². The molecule has 0 aromatic heterocycles. The molecular formula is C30H27N3O6. The highest BCUT2D eigenvalue weighted by molar-refractivity contribution is 6.07. The lowest BCUT2D eigenvalue weighted by molar-refractivity contribution is -0.126. The van der Waals surface area contributed by atoms with E-state index in [1.165, 1.54) is 0 Å². The lowest BCUT2D eigenvalue weighted by Crippen LogP contribution is -2.21. The van der Waals surface area contributed by atoms with Crippen LogP contribution in [0.2, 0.25) is 0 Å². The van der Waals surface area contributed by atoms with E-state index in [2.05, 4.69) is 16.0 Å². The van der Waals surface area contributed by atoms with E-state index < -0.39 is 0 Å². The van der Waals surface area contributed by atoms with Crippen LogP contribution >= 0.6 is 0 Å². The standard InChI is InChI=1S/3C10H9NO2/c3*12-9-6-8(10(13)11-9)7-4-2-1-3-5-7/h3*1-5,8H,6H2,(H,11,12,13)/t3*8-/m100/s1. The van der Waals surface area contributed by atoms with E-state index in [1.54, 1.807) is 0 Å². The molecule has 3 aromatic carbocycles. The Morgan fingerprint density at radius 3 is 0.795 bits per heavy atom. The summed E-state index contributed by atoms with van der Waals surface area (Å²) in [6.45, 7) is 0. The molecule has 9 nitrogen and oxygen atoms in total. The Bertz CT molecular complexity index is 1210. The second kappa shape index (κ2) is 12.6. The van der Waals surface area contributed by atoms with Gasteiger partial charge in [-0.1, -0.05) is 91.0 Å². The minimum Gasteiger partial charge on any atom is -0.296 e. The topological polar surface area (TPSA) is 139 Å². The number of carbonyl (C=O) groups excluding carboxylic acids is 6. The second-order valence-corrected chi connectivity index (χ2v) is 9.24. The van der Waals surface area contributed by atoms with Gasteiger partial charge in [0.15, 0.2) is 0 Å². The summed E-state index contributed by atoms with van der Waals surface area (Å²) in [6, 6.07) is 28.0. The Kier molecular flexibility index (Phi) is 8.73. The Labute approximate surface area is 225 Å². The Hall–Kier alpha value is -4.92. The molecule has 9 heteroatoms. The van der Waals surface area contributed by atoms with Crippen LogP contribution < -0.4 is 16.0 Å².